The number of benzene rings is 1. The monoisotopic (exact) mass is 259 g/mol. The smallest absolute Gasteiger partial charge is 0.129 e. The topological polar surface area (TPSA) is 12.0 Å². The highest BCUT2D eigenvalue weighted by atomic mass is 79.9. The first-order valence-electron chi connectivity index (χ1n) is 4.71. The molecule has 0 fully saturated rings. The molecular weight excluding hydrogens is 245 g/mol. The minimum absolute atomic E-state index is 0.0445. The molecule has 0 amide bonds. The molecule has 0 bridgehead atoms. The van der Waals surface area contributed by atoms with E-state index in [2.05, 4.69) is 21.2 Å². The van der Waals surface area contributed by atoms with Crippen LogP contribution < -0.4 is 5.32 Å². The molecule has 0 saturated heterocycles. The summed E-state index contributed by atoms with van der Waals surface area (Å²) in [7, 11) is 0. The van der Waals surface area contributed by atoms with Gasteiger partial charge >= 0.3 is 0 Å². The summed E-state index contributed by atoms with van der Waals surface area (Å²) < 4.78 is 14.3. The summed E-state index contributed by atoms with van der Waals surface area (Å²) in [6.45, 7) is 6.06. The first-order valence-corrected chi connectivity index (χ1v) is 5.51. The zero-order chi connectivity index (χ0) is 10.7. The third-order valence-corrected chi connectivity index (χ3v) is 2.51. The maximum absolute atomic E-state index is 13.5. The molecule has 0 heterocycles. The van der Waals surface area contributed by atoms with Gasteiger partial charge in [0.15, 0.2) is 0 Å². The lowest BCUT2D eigenvalue weighted by atomic mass is 10.1. The van der Waals surface area contributed by atoms with Gasteiger partial charge in [-0.05, 0) is 19.1 Å². The van der Waals surface area contributed by atoms with Crippen LogP contribution in [0.25, 0.3) is 0 Å². The molecule has 0 aromatic heterocycles. The molecule has 0 unspecified atom stereocenters. The van der Waals surface area contributed by atoms with Crippen LogP contribution >= 0.6 is 15.9 Å². The summed E-state index contributed by atoms with van der Waals surface area (Å²) in [6, 6.07) is 5.56. The minimum Gasteiger partial charge on any atom is -0.308 e. The van der Waals surface area contributed by atoms with Crippen LogP contribution in [0.1, 0.15) is 32.4 Å². The minimum atomic E-state index is -0.167. The van der Waals surface area contributed by atoms with E-state index < -0.39 is 0 Å². The lowest BCUT2D eigenvalue weighted by Gasteiger charge is -2.17. The third kappa shape index (κ3) is 3.07. The fourth-order valence-electron chi connectivity index (χ4n) is 1.44. The van der Waals surface area contributed by atoms with Crippen molar-refractivity contribution in [1.29, 1.82) is 0 Å². The highest BCUT2D eigenvalue weighted by Gasteiger charge is 2.11. The molecule has 3 heteroatoms. The van der Waals surface area contributed by atoms with E-state index in [9.17, 15) is 4.39 Å². The summed E-state index contributed by atoms with van der Waals surface area (Å²) >= 11 is 3.24. The average molecular weight is 260 g/mol. The Bertz CT molecular complexity index is 312. The quantitative estimate of drug-likeness (QED) is 0.874. The number of halogens is 2. The van der Waals surface area contributed by atoms with Crippen LogP contribution in [-0.2, 0) is 0 Å². The molecule has 1 nitrogen and oxygen atoms in total. The Balaban J connectivity index is 2.84. The molecule has 0 radical (unpaired) electrons. The molecule has 1 atom stereocenters. The van der Waals surface area contributed by atoms with Crippen molar-refractivity contribution in [3.05, 3.63) is 34.1 Å². The van der Waals surface area contributed by atoms with Crippen LogP contribution in [0.3, 0.4) is 0 Å². The van der Waals surface area contributed by atoms with Crippen molar-refractivity contribution in [3.63, 3.8) is 0 Å². The molecule has 1 N–H and O–H groups in total. The van der Waals surface area contributed by atoms with Crippen LogP contribution in [0.15, 0.2) is 22.7 Å². The van der Waals surface area contributed by atoms with Crippen LogP contribution in [0.5, 0.6) is 0 Å². The van der Waals surface area contributed by atoms with Crippen molar-refractivity contribution in [2.75, 3.05) is 0 Å². The molecule has 78 valence electrons. The van der Waals surface area contributed by atoms with E-state index in [1.807, 2.05) is 26.8 Å². The maximum Gasteiger partial charge on any atom is 0.129 e. The largest absolute Gasteiger partial charge is 0.308 e. The molecule has 0 spiro atoms. The van der Waals surface area contributed by atoms with Crippen LogP contribution in [0.4, 0.5) is 4.39 Å². The lowest BCUT2D eigenvalue weighted by Crippen LogP contribution is -2.26. The van der Waals surface area contributed by atoms with E-state index in [1.165, 1.54) is 6.07 Å². The van der Waals surface area contributed by atoms with Gasteiger partial charge < -0.3 is 5.32 Å². The van der Waals surface area contributed by atoms with E-state index >= 15 is 0 Å². The second kappa shape index (κ2) is 4.89. The van der Waals surface area contributed by atoms with Crippen molar-refractivity contribution >= 4 is 15.9 Å². The Hall–Kier alpha value is -0.410. The van der Waals surface area contributed by atoms with Gasteiger partial charge in [0.2, 0.25) is 0 Å². The summed E-state index contributed by atoms with van der Waals surface area (Å²) in [4.78, 5) is 0. The second-order valence-electron chi connectivity index (χ2n) is 3.71. The number of hydrogen-bond acceptors (Lipinski definition) is 1. The first kappa shape index (κ1) is 11.7. The fraction of sp³-hybridized carbons (Fsp3) is 0.455. The summed E-state index contributed by atoms with van der Waals surface area (Å²) in [5.41, 5.74) is 0.710. The van der Waals surface area contributed by atoms with E-state index in [0.717, 1.165) is 4.47 Å². The SMILES string of the molecule is CC(C)N[C@@H](C)c1ccc(Br)cc1F. The average Bonchev–Trinajstić information content (AvgIpc) is 2.01. The van der Waals surface area contributed by atoms with Crippen LogP contribution in [0.2, 0.25) is 0 Å². The summed E-state index contributed by atoms with van der Waals surface area (Å²) in [5.74, 6) is -0.167. The normalized spacial score (nSPS) is 13.3. The summed E-state index contributed by atoms with van der Waals surface area (Å²) in [5, 5.41) is 3.26. The summed E-state index contributed by atoms with van der Waals surface area (Å²) in [6.07, 6.45) is 0. The van der Waals surface area contributed by atoms with E-state index in [1.54, 1.807) is 6.07 Å². The number of rotatable bonds is 3. The van der Waals surface area contributed by atoms with Gasteiger partial charge in [-0.2, -0.15) is 0 Å². The Kier molecular flexibility index (Phi) is 4.08. The van der Waals surface area contributed by atoms with Crippen LogP contribution in [0, 0.1) is 5.82 Å². The highest BCUT2D eigenvalue weighted by Crippen LogP contribution is 2.21. The maximum atomic E-state index is 13.5. The molecule has 0 saturated carbocycles. The van der Waals surface area contributed by atoms with Gasteiger partial charge in [0.05, 0.1) is 0 Å². The second-order valence-corrected chi connectivity index (χ2v) is 4.62. The zero-order valence-electron chi connectivity index (χ0n) is 8.64. The Morgan fingerprint density at radius 3 is 2.43 bits per heavy atom. The molecule has 14 heavy (non-hydrogen) atoms. The van der Waals surface area contributed by atoms with E-state index in [4.69, 9.17) is 0 Å². The molecule has 0 aliphatic rings. The standard InChI is InChI=1S/C11H15BrFN/c1-7(2)14-8(3)10-5-4-9(12)6-11(10)13/h4-8,14H,1-3H3/t8-/m0/s1. The Labute approximate surface area is 92.8 Å². The molecule has 0 aliphatic carbocycles. The van der Waals surface area contributed by atoms with Gasteiger partial charge in [-0.1, -0.05) is 35.8 Å². The Morgan fingerprint density at radius 2 is 1.93 bits per heavy atom. The molecule has 1 aromatic rings. The third-order valence-electron chi connectivity index (χ3n) is 2.01. The van der Waals surface area contributed by atoms with Crippen molar-refractivity contribution in [1.82, 2.24) is 5.32 Å². The molecular formula is C11H15BrFN. The van der Waals surface area contributed by atoms with Crippen LogP contribution in [-0.4, -0.2) is 6.04 Å². The van der Waals surface area contributed by atoms with Crippen molar-refractivity contribution in [2.24, 2.45) is 0 Å². The predicted octanol–water partition coefficient (Wildman–Crippen LogP) is 3.65. The van der Waals surface area contributed by atoms with Gasteiger partial charge in [-0.25, -0.2) is 4.39 Å². The van der Waals surface area contributed by atoms with Crippen molar-refractivity contribution < 1.29 is 4.39 Å². The van der Waals surface area contributed by atoms with Gasteiger partial charge in [-0.3, -0.25) is 0 Å². The zero-order valence-corrected chi connectivity index (χ0v) is 10.2. The highest BCUT2D eigenvalue weighted by molar-refractivity contribution is 9.10. The van der Waals surface area contributed by atoms with Gasteiger partial charge in [-0.15, -0.1) is 0 Å². The number of hydrogen-bond donors (Lipinski definition) is 1. The van der Waals surface area contributed by atoms with E-state index in [0.29, 0.717) is 11.6 Å². The lowest BCUT2D eigenvalue weighted by molar-refractivity contribution is 0.483. The first-order chi connectivity index (χ1) is 6.50. The molecule has 0 aliphatic heterocycles. The molecule has 1 rings (SSSR count). The van der Waals surface area contributed by atoms with Gasteiger partial charge in [0.1, 0.15) is 5.82 Å². The predicted molar refractivity (Wildman–Crippen MR) is 60.8 cm³/mol. The Morgan fingerprint density at radius 1 is 1.29 bits per heavy atom. The number of nitrogens with one attached hydrogen (secondary N) is 1. The van der Waals surface area contributed by atoms with Gasteiger partial charge in [0.25, 0.3) is 0 Å². The van der Waals surface area contributed by atoms with E-state index in [-0.39, 0.29) is 11.9 Å². The molecule has 1 aromatic carbocycles. The van der Waals surface area contributed by atoms with Crippen molar-refractivity contribution in [2.45, 2.75) is 32.9 Å². The fourth-order valence-corrected chi connectivity index (χ4v) is 1.78. The van der Waals surface area contributed by atoms with Gasteiger partial charge in [0, 0.05) is 22.1 Å². The van der Waals surface area contributed by atoms with Crippen molar-refractivity contribution in [3.8, 4) is 0 Å².